The number of H-pyrrole nitrogens is 1. The van der Waals surface area contributed by atoms with E-state index < -0.39 is 6.10 Å². The molecular formula is C20H28N4O3. The maximum Gasteiger partial charge on any atom is 0.237 e. The molecule has 3 heterocycles. The van der Waals surface area contributed by atoms with Crippen molar-refractivity contribution < 1.29 is 14.6 Å². The molecule has 2 fully saturated rings. The summed E-state index contributed by atoms with van der Waals surface area (Å²) in [6.07, 6.45) is 3.60. The molecule has 2 aliphatic rings. The van der Waals surface area contributed by atoms with E-state index in [-0.39, 0.29) is 11.9 Å². The van der Waals surface area contributed by atoms with Crippen LogP contribution in [0.2, 0.25) is 0 Å². The van der Waals surface area contributed by atoms with Gasteiger partial charge in [-0.25, -0.2) is 4.98 Å². The molecule has 0 unspecified atom stereocenters. The lowest BCUT2D eigenvalue weighted by atomic mass is 10.1. The van der Waals surface area contributed by atoms with Crippen LogP contribution in [0.15, 0.2) is 24.3 Å². The molecule has 2 saturated heterocycles. The van der Waals surface area contributed by atoms with E-state index in [2.05, 4.69) is 20.2 Å². The third-order valence-corrected chi connectivity index (χ3v) is 5.61. The molecule has 1 amide bonds. The Morgan fingerprint density at radius 2 is 2.15 bits per heavy atom. The Bertz CT molecular complexity index is 738. The second-order valence-corrected chi connectivity index (χ2v) is 7.54. The highest BCUT2D eigenvalue weighted by Gasteiger charge is 2.39. The van der Waals surface area contributed by atoms with Gasteiger partial charge in [-0.2, -0.15) is 0 Å². The van der Waals surface area contributed by atoms with E-state index in [0.29, 0.717) is 25.6 Å². The Hall–Kier alpha value is -1.96. The van der Waals surface area contributed by atoms with Crippen molar-refractivity contribution in [3.05, 3.63) is 30.1 Å². The first kappa shape index (κ1) is 18.4. The second-order valence-electron chi connectivity index (χ2n) is 7.54. The van der Waals surface area contributed by atoms with E-state index in [9.17, 15) is 9.90 Å². The molecule has 27 heavy (non-hydrogen) atoms. The molecule has 0 bridgehead atoms. The fourth-order valence-corrected chi connectivity index (χ4v) is 4.23. The maximum atomic E-state index is 12.7. The lowest BCUT2D eigenvalue weighted by Crippen LogP contribution is -2.49. The smallest absolute Gasteiger partial charge is 0.237 e. The van der Waals surface area contributed by atoms with Crippen LogP contribution in [0.25, 0.3) is 11.0 Å². The molecule has 0 radical (unpaired) electrons. The van der Waals surface area contributed by atoms with Crippen LogP contribution in [0, 0.1) is 0 Å². The van der Waals surface area contributed by atoms with Crippen molar-refractivity contribution >= 4 is 16.9 Å². The number of hydrogen-bond acceptors (Lipinski definition) is 5. The van der Waals surface area contributed by atoms with Gasteiger partial charge >= 0.3 is 0 Å². The average Bonchev–Trinajstić information content (AvgIpc) is 3.29. The fourth-order valence-electron chi connectivity index (χ4n) is 4.23. The van der Waals surface area contributed by atoms with E-state index in [0.717, 1.165) is 55.8 Å². The number of likely N-dealkylation sites (tertiary alicyclic amines) is 1. The summed E-state index contributed by atoms with van der Waals surface area (Å²) in [5.74, 6) is 0.980. The van der Waals surface area contributed by atoms with Gasteiger partial charge in [-0.15, -0.1) is 0 Å². The van der Waals surface area contributed by atoms with Gasteiger partial charge in [-0.05, 0) is 37.8 Å². The number of hydrogen-bond donors (Lipinski definition) is 3. The number of carbonyl (C=O) groups is 1. The molecule has 0 aliphatic carbocycles. The Balaban J connectivity index is 1.26. The van der Waals surface area contributed by atoms with Crippen molar-refractivity contribution in [2.45, 2.75) is 50.3 Å². The summed E-state index contributed by atoms with van der Waals surface area (Å²) in [4.78, 5) is 22.7. The van der Waals surface area contributed by atoms with Gasteiger partial charge in [0.1, 0.15) is 5.82 Å². The van der Waals surface area contributed by atoms with Crippen molar-refractivity contribution in [2.24, 2.45) is 0 Å². The molecule has 146 valence electrons. The van der Waals surface area contributed by atoms with Crippen molar-refractivity contribution in [1.29, 1.82) is 0 Å². The highest BCUT2D eigenvalue weighted by atomic mass is 16.5. The largest absolute Gasteiger partial charge is 0.392 e. The number of aromatic nitrogens is 2. The summed E-state index contributed by atoms with van der Waals surface area (Å²) in [5, 5.41) is 13.1. The number of fused-ring (bicyclic) bond motifs is 1. The van der Waals surface area contributed by atoms with Crippen LogP contribution in [0.1, 0.15) is 31.5 Å². The van der Waals surface area contributed by atoms with Crippen LogP contribution in [-0.2, 0) is 16.0 Å². The third kappa shape index (κ3) is 4.31. The molecule has 1 aromatic carbocycles. The van der Waals surface area contributed by atoms with Gasteiger partial charge in [0.15, 0.2) is 0 Å². The number of nitrogens with one attached hydrogen (secondary N) is 2. The number of aliphatic hydroxyl groups excluding tert-OH is 1. The molecule has 0 saturated carbocycles. The quantitative estimate of drug-likeness (QED) is 0.664. The second kappa shape index (κ2) is 8.37. The van der Waals surface area contributed by atoms with Crippen molar-refractivity contribution in [1.82, 2.24) is 20.2 Å². The van der Waals surface area contributed by atoms with E-state index in [4.69, 9.17) is 4.74 Å². The zero-order chi connectivity index (χ0) is 18.6. The number of imidazole rings is 1. The van der Waals surface area contributed by atoms with Gasteiger partial charge in [-0.1, -0.05) is 12.1 Å². The molecule has 7 heteroatoms. The van der Waals surface area contributed by atoms with Crippen LogP contribution in [0.5, 0.6) is 0 Å². The maximum absolute atomic E-state index is 12.7. The van der Waals surface area contributed by atoms with Gasteiger partial charge in [0.05, 0.1) is 23.2 Å². The SMILES string of the molecule is O=C(NCCCc1nc2ccccc2[nH]1)[C@@H]1C[C@@H](O)CN1C1CCOCC1. The number of rotatable bonds is 6. The monoisotopic (exact) mass is 372 g/mol. The topological polar surface area (TPSA) is 90.5 Å². The van der Waals surface area contributed by atoms with Gasteiger partial charge in [-0.3, -0.25) is 9.69 Å². The average molecular weight is 372 g/mol. The zero-order valence-corrected chi connectivity index (χ0v) is 15.6. The zero-order valence-electron chi connectivity index (χ0n) is 15.6. The number of aromatic amines is 1. The Morgan fingerprint density at radius 1 is 1.33 bits per heavy atom. The summed E-state index contributed by atoms with van der Waals surface area (Å²) in [6.45, 7) is 2.68. The number of nitrogens with zero attached hydrogens (tertiary/aromatic N) is 2. The third-order valence-electron chi connectivity index (χ3n) is 5.61. The molecule has 3 N–H and O–H groups in total. The lowest BCUT2D eigenvalue weighted by Gasteiger charge is -2.34. The van der Waals surface area contributed by atoms with Gasteiger partial charge in [0.2, 0.25) is 5.91 Å². The van der Waals surface area contributed by atoms with Gasteiger partial charge < -0.3 is 20.1 Å². The molecule has 2 aromatic rings. The normalized spacial score (nSPS) is 24.5. The number of carbonyl (C=O) groups excluding carboxylic acids is 1. The number of benzene rings is 1. The number of aliphatic hydroxyl groups is 1. The van der Waals surface area contributed by atoms with Crippen LogP contribution in [0.3, 0.4) is 0 Å². The van der Waals surface area contributed by atoms with E-state index in [1.54, 1.807) is 0 Å². The molecule has 2 aliphatic heterocycles. The van der Waals surface area contributed by atoms with Crippen LogP contribution in [-0.4, -0.2) is 70.4 Å². The summed E-state index contributed by atoms with van der Waals surface area (Å²) < 4.78 is 5.43. The number of amides is 1. The molecular weight excluding hydrogens is 344 g/mol. The van der Waals surface area contributed by atoms with Crippen molar-refractivity contribution in [2.75, 3.05) is 26.3 Å². The first-order valence-corrected chi connectivity index (χ1v) is 9.93. The molecule has 4 rings (SSSR count). The lowest BCUT2D eigenvalue weighted by molar-refractivity contribution is -0.126. The van der Waals surface area contributed by atoms with Crippen LogP contribution < -0.4 is 5.32 Å². The minimum atomic E-state index is -0.417. The van der Waals surface area contributed by atoms with E-state index in [1.165, 1.54) is 0 Å². The van der Waals surface area contributed by atoms with Crippen molar-refractivity contribution in [3.8, 4) is 0 Å². The summed E-state index contributed by atoms with van der Waals surface area (Å²) >= 11 is 0. The Morgan fingerprint density at radius 3 is 2.96 bits per heavy atom. The highest BCUT2D eigenvalue weighted by molar-refractivity contribution is 5.82. The molecule has 1 aromatic heterocycles. The summed E-state index contributed by atoms with van der Waals surface area (Å²) in [5.41, 5.74) is 2.02. The Kier molecular flexibility index (Phi) is 5.71. The number of ether oxygens (including phenoxy) is 1. The van der Waals surface area contributed by atoms with Crippen molar-refractivity contribution in [3.63, 3.8) is 0 Å². The first-order chi connectivity index (χ1) is 13.2. The number of para-hydroxylation sites is 2. The predicted octanol–water partition coefficient (Wildman–Crippen LogP) is 1.23. The summed E-state index contributed by atoms with van der Waals surface area (Å²) in [6, 6.07) is 8.09. The first-order valence-electron chi connectivity index (χ1n) is 9.93. The minimum absolute atomic E-state index is 0.0302. The molecule has 2 atom stereocenters. The minimum Gasteiger partial charge on any atom is -0.392 e. The Labute approximate surface area is 159 Å². The number of aryl methyl sites for hydroxylation is 1. The molecule has 7 nitrogen and oxygen atoms in total. The standard InChI is InChI=1S/C20H28N4O3/c25-15-12-18(24(13-15)14-7-10-27-11-8-14)20(26)21-9-3-6-19-22-16-4-1-2-5-17(16)23-19/h1-2,4-5,14-15,18,25H,3,6-13H2,(H,21,26)(H,22,23)/t15-,18+/m1/s1. The van der Waals surface area contributed by atoms with Gasteiger partial charge in [0, 0.05) is 38.8 Å². The predicted molar refractivity (Wildman–Crippen MR) is 102 cm³/mol. The van der Waals surface area contributed by atoms with Crippen LogP contribution >= 0.6 is 0 Å². The summed E-state index contributed by atoms with van der Waals surface area (Å²) in [7, 11) is 0. The fraction of sp³-hybridized carbons (Fsp3) is 0.600. The van der Waals surface area contributed by atoms with Gasteiger partial charge in [0.25, 0.3) is 0 Å². The number of β-amino-alcohol motifs (C(OH)–C–C–N with tert-alkyl or cyclic N) is 1. The van der Waals surface area contributed by atoms with Crippen LogP contribution in [0.4, 0.5) is 0 Å². The van der Waals surface area contributed by atoms with E-state index in [1.807, 2.05) is 24.3 Å². The molecule has 0 spiro atoms. The highest BCUT2D eigenvalue weighted by Crippen LogP contribution is 2.25. The van der Waals surface area contributed by atoms with E-state index >= 15 is 0 Å².